The summed E-state index contributed by atoms with van der Waals surface area (Å²) in [7, 11) is 0. The Labute approximate surface area is 86.4 Å². The fourth-order valence-electron chi connectivity index (χ4n) is 1.27. The summed E-state index contributed by atoms with van der Waals surface area (Å²) in [5, 5.41) is 0. The van der Waals surface area contributed by atoms with Gasteiger partial charge in [-0.3, -0.25) is 0 Å². The Morgan fingerprint density at radius 3 is 2.64 bits per heavy atom. The van der Waals surface area contributed by atoms with Gasteiger partial charge in [-0.1, -0.05) is 36.4 Å². The first-order valence-corrected chi connectivity index (χ1v) is 5.16. The Balaban J connectivity index is 2.02. The topological polar surface area (TPSA) is 9.23 Å². The molecule has 0 amide bonds. The van der Waals surface area contributed by atoms with E-state index in [1.165, 1.54) is 5.56 Å². The summed E-state index contributed by atoms with van der Waals surface area (Å²) < 4.78 is 5.49. The van der Waals surface area contributed by atoms with E-state index in [0.29, 0.717) is 0 Å². The molecule has 14 heavy (non-hydrogen) atoms. The zero-order valence-corrected chi connectivity index (χ0v) is 8.61. The number of unbranched alkanes of at least 4 members (excludes halogenated alkanes) is 1. The number of allylic oxidation sites excluding steroid dienone is 1. The summed E-state index contributed by atoms with van der Waals surface area (Å²) in [5.74, 6) is 0. The van der Waals surface area contributed by atoms with Gasteiger partial charge in [0.25, 0.3) is 0 Å². The molecule has 0 unspecified atom stereocenters. The number of benzene rings is 1. The van der Waals surface area contributed by atoms with E-state index in [2.05, 4.69) is 30.8 Å². The van der Waals surface area contributed by atoms with Crippen molar-refractivity contribution in [3.63, 3.8) is 0 Å². The number of ether oxygens (including phenoxy) is 1. The zero-order valence-electron chi connectivity index (χ0n) is 8.61. The molecule has 0 saturated heterocycles. The maximum Gasteiger partial charge on any atom is 0.0506 e. The molecule has 0 aliphatic carbocycles. The van der Waals surface area contributed by atoms with Crippen molar-refractivity contribution in [3.05, 3.63) is 48.6 Å². The summed E-state index contributed by atoms with van der Waals surface area (Å²) in [6, 6.07) is 10.4. The van der Waals surface area contributed by atoms with Gasteiger partial charge in [-0.15, -0.1) is 6.58 Å². The van der Waals surface area contributed by atoms with E-state index in [9.17, 15) is 0 Å². The predicted molar refractivity (Wildman–Crippen MR) is 60.4 cm³/mol. The van der Waals surface area contributed by atoms with E-state index in [1.54, 1.807) is 0 Å². The van der Waals surface area contributed by atoms with E-state index in [4.69, 9.17) is 4.74 Å². The van der Waals surface area contributed by atoms with Gasteiger partial charge >= 0.3 is 0 Å². The van der Waals surface area contributed by atoms with Crippen LogP contribution in [0.2, 0.25) is 0 Å². The number of hydrogen-bond donors (Lipinski definition) is 0. The van der Waals surface area contributed by atoms with E-state index in [-0.39, 0.29) is 0 Å². The fraction of sp³-hybridized carbons (Fsp3) is 0.385. The molecule has 1 aromatic carbocycles. The minimum Gasteiger partial charge on any atom is -0.381 e. The second-order valence-electron chi connectivity index (χ2n) is 3.28. The van der Waals surface area contributed by atoms with Crippen LogP contribution < -0.4 is 0 Å². The summed E-state index contributed by atoms with van der Waals surface area (Å²) in [6.45, 7) is 5.34. The SMILES string of the molecule is C=CCCCOCCc1ccccc1. The highest BCUT2D eigenvalue weighted by atomic mass is 16.5. The molecule has 1 aromatic rings. The van der Waals surface area contributed by atoms with Gasteiger partial charge in [0.1, 0.15) is 0 Å². The molecule has 0 aliphatic rings. The Kier molecular flexibility index (Phi) is 5.76. The molecule has 0 radical (unpaired) electrons. The van der Waals surface area contributed by atoms with Crippen molar-refractivity contribution in [3.8, 4) is 0 Å². The molecule has 0 saturated carbocycles. The number of rotatable bonds is 7. The van der Waals surface area contributed by atoms with E-state index < -0.39 is 0 Å². The quantitative estimate of drug-likeness (QED) is 0.474. The Hall–Kier alpha value is -1.08. The summed E-state index contributed by atoms with van der Waals surface area (Å²) in [6.07, 6.45) is 5.07. The molecular weight excluding hydrogens is 172 g/mol. The minimum atomic E-state index is 0.821. The van der Waals surface area contributed by atoms with E-state index >= 15 is 0 Å². The van der Waals surface area contributed by atoms with Gasteiger partial charge < -0.3 is 4.74 Å². The third-order valence-electron chi connectivity index (χ3n) is 2.07. The van der Waals surface area contributed by atoms with Crippen LogP contribution in [0.5, 0.6) is 0 Å². The molecule has 0 aliphatic heterocycles. The lowest BCUT2D eigenvalue weighted by molar-refractivity contribution is 0.135. The Morgan fingerprint density at radius 2 is 1.93 bits per heavy atom. The monoisotopic (exact) mass is 190 g/mol. The lowest BCUT2D eigenvalue weighted by atomic mass is 10.2. The van der Waals surface area contributed by atoms with Gasteiger partial charge in [-0.25, -0.2) is 0 Å². The number of hydrogen-bond acceptors (Lipinski definition) is 1. The maximum atomic E-state index is 5.49. The Morgan fingerprint density at radius 1 is 1.14 bits per heavy atom. The minimum absolute atomic E-state index is 0.821. The van der Waals surface area contributed by atoms with Crippen molar-refractivity contribution in [2.24, 2.45) is 0 Å². The van der Waals surface area contributed by atoms with Gasteiger partial charge in [-0.2, -0.15) is 0 Å². The van der Waals surface area contributed by atoms with Crippen molar-refractivity contribution in [2.45, 2.75) is 19.3 Å². The lowest BCUT2D eigenvalue weighted by Crippen LogP contribution is -1.99. The van der Waals surface area contributed by atoms with Crippen molar-refractivity contribution in [2.75, 3.05) is 13.2 Å². The molecule has 0 heterocycles. The highest BCUT2D eigenvalue weighted by molar-refractivity contribution is 5.14. The van der Waals surface area contributed by atoms with Crippen LogP contribution >= 0.6 is 0 Å². The Bertz CT molecular complexity index is 241. The molecule has 0 N–H and O–H groups in total. The average molecular weight is 190 g/mol. The van der Waals surface area contributed by atoms with Crippen LogP contribution in [0.25, 0.3) is 0 Å². The molecule has 1 rings (SSSR count). The molecule has 0 spiro atoms. The van der Waals surface area contributed by atoms with Gasteiger partial charge in [0, 0.05) is 6.61 Å². The van der Waals surface area contributed by atoms with Gasteiger partial charge in [0.2, 0.25) is 0 Å². The lowest BCUT2D eigenvalue weighted by Gasteiger charge is -2.02. The van der Waals surface area contributed by atoms with Crippen LogP contribution in [0.4, 0.5) is 0 Å². The highest BCUT2D eigenvalue weighted by Gasteiger charge is 1.91. The average Bonchev–Trinajstić information content (AvgIpc) is 2.25. The first-order valence-electron chi connectivity index (χ1n) is 5.16. The van der Waals surface area contributed by atoms with Gasteiger partial charge in [0.15, 0.2) is 0 Å². The summed E-state index contributed by atoms with van der Waals surface area (Å²) in [4.78, 5) is 0. The second kappa shape index (κ2) is 7.34. The van der Waals surface area contributed by atoms with Crippen LogP contribution in [0.1, 0.15) is 18.4 Å². The third kappa shape index (κ3) is 4.83. The van der Waals surface area contributed by atoms with Crippen LogP contribution in [-0.2, 0) is 11.2 Å². The summed E-state index contributed by atoms with van der Waals surface area (Å²) >= 11 is 0. The first kappa shape index (κ1) is 11.0. The van der Waals surface area contributed by atoms with Crippen molar-refractivity contribution >= 4 is 0 Å². The highest BCUT2D eigenvalue weighted by Crippen LogP contribution is 2.00. The standard InChI is InChI=1S/C13H18O/c1-2-3-7-11-14-12-10-13-8-5-4-6-9-13/h2,4-6,8-9H,1,3,7,10-12H2. The fourth-order valence-corrected chi connectivity index (χ4v) is 1.27. The van der Waals surface area contributed by atoms with E-state index in [1.807, 2.05) is 12.1 Å². The van der Waals surface area contributed by atoms with E-state index in [0.717, 1.165) is 32.5 Å². The second-order valence-corrected chi connectivity index (χ2v) is 3.28. The van der Waals surface area contributed by atoms with Crippen molar-refractivity contribution in [1.29, 1.82) is 0 Å². The molecule has 1 nitrogen and oxygen atoms in total. The van der Waals surface area contributed by atoms with Gasteiger partial charge in [0.05, 0.1) is 6.61 Å². The zero-order chi connectivity index (χ0) is 10.1. The third-order valence-corrected chi connectivity index (χ3v) is 2.07. The van der Waals surface area contributed by atoms with Crippen molar-refractivity contribution < 1.29 is 4.74 Å². The normalized spacial score (nSPS) is 10.0. The molecule has 0 aromatic heterocycles. The molecule has 0 fully saturated rings. The largest absolute Gasteiger partial charge is 0.381 e. The van der Waals surface area contributed by atoms with Crippen LogP contribution in [0.15, 0.2) is 43.0 Å². The molecule has 0 atom stereocenters. The maximum absolute atomic E-state index is 5.49. The first-order chi connectivity index (χ1) is 6.93. The van der Waals surface area contributed by atoms with Crippen LogP contribution in [0, 0.1) is 0 Å². The molecule has 1 heteroatoms. The molecule has 0 bridgehead atoms. The molecule has 76 valence electrons. The molecular formula is C13H18O. The smallest absolute Gasteiger partial charge is 0.0506 e. The van der Waals surface area contributed by atoms with Crippen LogP contribution in [0.3, 0.4) is 0 Å². The van der Waals surface area contributed by atoms with Gasteiger partial charge in [-0.05, 0) is 24.8 Å². The predicted octanol–water partition coefficient (Wildman–Crippen LogP) is 3.21. The van der Waals surface area contributed by atoms with Crippen molar-refractivity contribution in [1.82, 2.24) is 0 Å². The summed E-state index contributed by atoms with van der Waals surface area (Å²) in [5.41, 5.74) is 1.34. The van der Waals surface area contributed by atoms with Crippen LogP contribution in [-0.4, -0.2) is 13.2 Å².